The van der Waals surface area contributed by atoms with Gasteiger partial charge in [0.2, 0.25) is 5.91 Å². The summed E-state index contributed by atoms with van der Waals surface area (Å²) in [6.45, 7) is 0. The second kappa shape index (κ2) is 2.53. The van der Waals surface area contributed by atoms with E-state index in [0.29, 0.717) is 11.3 Å². The highest BCUT2D eigenvalue weighted by Crippen LogP contribution is 2.33. The Bertz CT molecular complexity index is 378. The average Bonchev–Trinajstić information content (AvgIpc) is 2.32. The number of nitrogens with zero attached hydrogens (tertiary/aromatic N) is 1. The quantitative estimate of drug-likeness (QED) is 0.642. The molecule has 1 unspecified atom stereocenters. The summed E-state index contributed by atoms with van der Waals surface area (Å²) in [5.74, 6) is -0.557. The van der Waals surface area contributed by atoms with Crippen LogP contribution in [0.15, 0.2) is 18.2 Å². The molecule has 0 saturated heterocycles. The van der Waals surface area contributed by atoms with Gasteiger partial charge < -0.3 is 10.6 Å². The van der Waals surface area contributed by atoms with Crippen molar-refractivity contribution in [2.45, 2.75) is 6.04 Å². The van der Waals surface area contributed by atoms with Gasteiger partial charge in [0, 0.05) is 18.3 Å². The SMILES string of the molecule is CN1C(=O)C(N)c2cc(F)ccc21. The molecule has 0 aliphatic carbocycles. The average molecular weight is 180 g/mol. The fourth-order valence-electron chi connectivity index (χ4n) is 1.54. The van der Waals surface area contributed by atoms with Gasteiger partial charge in [-0.1, -0.05) is 0 Å². The van der Waals surface area contributed by atoms with Crippen LogP contribution < -0.4 is 10.6 Å². The summed E-state index contributed by atoms with van der Waals surface area (Å²) in [6, 6.07) is 3.48. The molecule has 3 nitrogen and oxygen atoms in total. The summed E-state index contributed by atoms with van der Waals surface area (Å²) >= 11 is 0. The normalized spacial score (nSPS) is 20.7. The van der Waals surface area contributed by atoms with Crippen molar-refractivity contribution < 1.29 is 9.18 Å². The van der Waals surface area contributed by atoms with Crippen LogP contribution in [0.3, 0.4) is 0 Å². The lowest BCUT2D eigenvalue weighted by Gasteiger charge is -2.08. The van der Waals surface area contributed by atoms with E-state index in [1.807, 2.05) is 0 Å². The second-order valence-corrected chi connectivity index (χ2v) is 3.08. The summed E-state index contributed by atoms with van der Waals surface area (Å²) in [6.07, 6.45) is 0. The number of hydrogen-bond acceptors (Lipinski definition) is 2. The Balaban J connectivity index is 2.60. The van der Waals surface area contributed by atoms with Gasteiger partial charge >= 0.3 is 0 Å². The number of rotatable bonds is 0. The molecule has 0 aromatic heterocycles. The van der Waals surface area contributed by atoms with E-state index in [0.717, 1.165) is 0 Å². The minimum atomic E-state index is -0.712. The lowest BCUT2D eigenvalue weighted by atomic mass is 10.1. The second-order valence-electron chi connectivity index (χ2n) is 3.08. The summed E-state index contributed by atoms with van der Waals surface area (Å²) < 4.78 is 12.8. The maximum Gasteiger partial charge on any atom is 0.248 e. The fourth-order valence-corrected chi connectivity index (χ4v) is 1.54. The van der Waals surface area contributed by atoms with Crippen molar-refractivity contribution in [3.8, 4) is 0 Å². The van der Waals surface area contributed by atoms with Crippen LogP contribution in [-0.4, -0.2) is 13.0 Å². The Hall–Kier alpha value is -1.42. The first-order valence-electron chi connectivity index (χ1n) is 3.94. The number of benzene rings is 1. The first-order chi connectivity index (χ1) is 6.11. The van der Waals surface area contributed by atoms with Gasteiger partial charge in [0.25, 0.3) is 0 Å². The summed E-state index contributed by atoms with van der Waals surface area (Å²) in [5, 5.41) is 0. The maximum atomic E-state index is 12.8. The topological polar surface area (TPSA) is 46.3 Å². The molecule has 1 aliphatic heterocycles. The van der Waals surface area contributed by atoms with Gasteiger partial charge in [0.15, 0.2) is 0 Å². The molecule has 1 aromatic carbocycles. The fraction of sp³-hybridized carbons (Fsp3) is 0.222. The van der Waals surface area contributed by atoms with E-state index in [1.54, 1.807) is 13.1 Å². The first kappa shape index (κ1) is 8.19. The van der Waals surface area contributed by atoms with Gasteiger partial charge in [-0.2, -0.15) is 0 Å². The van der Waals surface area contributed by atoms with Gasteiger partial charge in [-0.15, -0.1) is 0 Å². The number of carbonyl (C=O) groups is 1. The standard InChI is InChI=1S/C9H9FN2O/c1-12-7-3-2-5(10)4-6(7)8(11)9(12)13/h2-4,8H,11H2,1H3. The molecule has 0 spiro atoms. The first-order valence-corrected chi connectivity index (χ1v) is 3.94. The Morgan fingerprint density at radius 2 is 2.23 bits per heavy atom. The van der Waals surface area contributed by atoms with Crippen LogP contribution in [0, 0.1) is 5.82 Å². The zero-order chi connectivity index (χ0) is 9.59. The van der Waals surface area contributed by atoms with Gasteiger partial charge in [0.05, 0.1) is 0 Å². The predicted octanol–water partition coefficient (Wildman–Crippen LogP) is 0.802. The van der Waals surface area contributed by atoms with Crippen molar-refractivity contribution in [2.24, 2.45) is 5.73 Å². The van der Waals surface area contributed by atoms with E-state index in [-0.39, 0.29) is 11.7 Å². The molecule has 1 heterocycles. The largest absolute Gasteiger partial charge is 0.316 e. The Morgan fingerprint density at radius 1 is 1.54 bits per heavy atom. The number of halogens is 1. The van der Waals surface area contributed by atoms with Gasteiger partial charge in [-0.3, -0.25) is 4.79 Å². The number of hydrogen-bond donors (Lipinski definition) is 1. The van der Waals surface area contributed by atoms with E-state index >= 15 is 0 Å². The molecule has 0 bridgehead atoms. The Morgan fingerprint density at radius 3 is 2.92 bits per heavy atom. The number of amides is 1. The minimum absolute atomic E-state index is 0.194. The molecule has 0 saturated carbocycles. The van der Waals surface area contributed by atoms with Crippen molar-refractivity contribution in [1.82, 2.24) is 0 Å². The molecule has 1 atom stereocenters. The molecule has 2 N–H and O–H groups in total. The zero-order valence-corrected chi connectivity index (χ0v) is 7.12. The molecular weight excluding hydrogens is 171 g/mol. The van der Waals surface area contributed by atoms with Crippen LogP contribution in [0.2, 0.25) is 0 Å². The van der Waals surface area contributed by atoms with E-state index in [2.05, 4.69) is 0 Å². The van der Waals surface area contributed by atoms with Crippen molar-refractivity contribution in [1.29, 1.82) is 0 Å². The molecule has 0 radical (unpaired) electrons. The molecule has 1 aliphatic rings. The lowest BCUT2D eigenvalue weighted by Crippen LogP contribution is -2.27. The maximum absolute atomic E-state index is 12.8. The highest BCUT2D eigenvalue weighted by atomic mass is 19.1. The monoisotopic (exact) mass is 180 g/mol. The lowest BCUT2D eigenvalue weighted by molar-refractivity contribution is -0.118. The predicted molar refractivity (Wildman–Crippen MR) is 46.7 cm³/mol. The van der Waals surface area contributed by atoms with Crippen molar-refractivity contribution in [2.75, 3.05) is 11.9 Å². The highest BCUT2D eigenvalue weighted by Gasteiger charge is 2.32. The van der Waals surface area contributed by atoms with Crippen molar-refractivity contribution >= 4 is 11.6 Å². The van der Waals surface area contributed by atoms with Gasteiger partial charge in [0.1, 0.15) is 11.9 Å². The Labute approximate surface area is 74.9 Å². The number of anilines is 1. The van der Waals surface area contributed by atoms with Crippen LogP contribution in [0.1, 0.15) is 11.6 Å². The highest BCUT2D eigenvalue weighted by molar-refractivity contribution is 6.03. The van der Waals surface area contributed by atoms with E-state index in [1.165, 1.54) is 17.0 Å². The van der Waals surface area contributed by atoms with Crippen LogP contribution >= 0.6 is 0 Å². The smallest absolute Gasteiger partial charge is 0.248 e. The van der Waals surface area contributed by atoms with Crippen molar-refractivity contribution in [3.05, 3.63) is 29.6 Å². The molecule has 2 rings (SSSR count). The van der Waals surface area contributed by atoms with Crippen molar-refractivity contribution in [3.63, 3.8) is 0 Å². The zero-order valence-electron chi connectivity index (χ0n) is 7.12. The molecule has 0 fully saturated rings. The molecule has 13 heavy (non-hydrogen) atoms. The van der Waals surface area contributed by atoms with Gasteiger partial charge in [-0.05, 0) is 18.2 Å². The summed E-state index contributed by atoms with van der Waals surface area (Å²) in [4.78, 5) is 12.8. The molecule has 1 amide bonds. The molecule has 68 valence electrons. The minimum Gasteiger partial charge on any atom is -0.316 e. The van der Waals surface area contributed by atoms with Crippen LogP contribution in [0.25, 0.3) is 0 Å². The third kappa shape index (κ3) is 1.02. The third-order valence-electron chi connectivity index (χ3n) is 2.28. The van der Waals surface area contributed by atoms with Crippen LogP contribution in [0.5, 0.6) is 0 Å². The molecular formula is C9H9FN2O. The van der Waals surface area contributed by atoms with E-state index in [9.17, 15) is 9.18 Å². The van der Waals surface area contributed by atoms with Gasteiger partial charge in [-0.25, -0.2) is 4.39 Å². The molecule has 1 aromatic rings. The Kier molecular flexibility index (Phi) is 1.60. The van der Waals surface area contributed by atoms with E-state index < -0.39 is 6.04 Å². The third-order valence-corrected chi connectivity index (χ3v) is 2.28. The summed E-state index contributed by atoms with van der Waals surface area (Å²) in [5.41, 5.74) is 6.85. The summed E-state index contributed by atoms with van der Waals surface area (Å²) in [7, 11) is 1.63. The van der Waals surface area contributed by atoms with Crippen LogP contribution in [-0.2, 0) is 4.79 Å². The number of carbonyl (C=O) groups excluding carboxylic acids is 1. The van der Waals surface area contributed by atoms with E-state index in [4.69, 9.17) is 5.73 Å². The molecule has 4 heteroatoms. The van der Waals surface area contributed by atoms with Crippen LogP contribution in [0.4, 0.5) is 10.1 Å². The number of fused-ring (bicyclic) bond motifs is 1. The number of nitrogens with two attached hydrogens (primary N) is 1. The number of likely N-dealkylation sites (N-methyl/N-ethyl adjacent to an activating group) is 1.